The number of nitrogens with zero attached hydrogens (tertiary/aromatic N) is 3. The predicted octanol–water partition coefficient (Wildman–Crippen LogP) is 5.95. The van der Waals surface area contributed by atoms with Crippen LogP contribution in [0.3, 0.4) is 0 Å². The minimum absolute atomic E-state index is 0.257. The molecule has 0 atom stereocenters. The largest absolute Gasteiger partial charge is 0.449 e. The average Bonchev–Trinajstić information content (AvgIpc) is 3.52. The topological polar surface area (TPSA) is 73.0 Å². The van der Waals surface area contributed by atoms with Crippen LogP contribution in [0.2, 0.25) is 0 Å². The Morgan fingerprint density at radius 1 is 1.03 bits per heavy atom. The van der Waals surface area contributed by atoms with Crippen LogP contribution in [0, 0.1) is 6.92 Å². The molecular formula is C27H28N4O2. The van der Waals surface area contributed by atoms with Crippen LogP contribution in [-0.2, 0) is 6.54 Å². The van der Waals surface area contributed by atoms with Crippen molar-refractivity contribution in [3.63, 3.8) is 0 Å². The smallest absolute Gasteiger partial charge is 0.287 e. The van der Waals surface area contributed by atoms with Crippen molar-refractivity contribution in [2.45, 2.75) is 51.6 Å². The van der Waals surface area contributed by atoms with Gasteiger partial charge in [0.05, 0.1) is 24.3 Å². The van der Waals surface area contributed by atoms with Crippen LogP contribution < -0.4 is 5.32 Å². The first-order chi connectivity index (χ1) is 16.2. The Kier molecular flexibility index (Phi) is 6.07. The van der Waals surface area contributed by atoms with Gasteiger partial charge in [-0.1, -0.05) is 55.2 Å². The lowest BCUT2D eigenvalue weighted by molar-refractivity contribution is 0.0923. The van der Waals surface area contributed by atoms with E-state index in [1.54, 1.807) is 12.3 Å². The first-order valence-corrected chi connectivity index (χ1v) is 11.6. The number of aryl methyl sites for hydroxylation is 1. The second-order valence-electron chi connectivity index (χ2n) is 8.67. The maximum atomic E-state index is 12.7. The van der Waals surface area contributed by atoms with Crippen LogP contribution in [0.5, 0.6) is 0 Å². The monoisotopic (exact) mass is 440 g/mol. The standard InChI is InChI=1S/C27H28N4O2/c1-19-10-12-20(13-11-19)25-26(31(18-30-25)22-8-3-2-4-9-22)23-14-15-24(33-23)27(32)29-17-21-7-5-6-16-28-21/h5-7,10-16,18,22H,2-4,8-9,17H2,1H3,(H,29,32). The summed E-state index contributed by atoms with van der Waals surface area (Å²) in [7, 11) is 0. The molecule has 1 amide bonds. The number of hydrogen-bond acceptors (Lipinski definition) is 4. The van der Waals surface area contributed by atoms with E-state index in [9.17, 15) is 4.79 Å². The fourth-order valence-corrected chi connectivity index (χ4v) is 4.51. The summed E-state index contributed by atoms with van der Waals surface area (Å²) >= 11 is 0. The highest BCUT2D eigenvalue weighted by Gasteiger charge is 2.25. The molecule has 6 heteroatoms. The van der Waals surface area contributed by atoms with Crippen molar-refractivity contribution < 1.29 is 9.21 Å². The molecule has 0 bridgehead atoms. The number of carbonyl (C=O) groups is 1. The van der Waals surface area contributed by atoms with Crippen LogP contribution >= 0.6 is 0 Å². The molecule has 0 unspecified atom stereocenters. The summed E-state index contributed by atoms with van der Waals surface area (Å²) in [5.41, 5.74) is 4.87. The van der Waals surface area contributed by atoms with Gasteiger partial charge >= 0.3 is 0 Å². The van der Waals surface area contributed by atoms with Gasteiger partial charge in [0, 0.05) is 17.8 Å². The molecule has 0 spiro atoms. The summed E-state index contributed by atoms with van der Waals surface area (Å²) in [4.78, 5) is 21.8. The molecule has 1 fully saturated rings. The van der Waals surface area contributed by atoms with Crippen molar-refractivity contribution in [1.29, 1.82) is 0 Å². The van der Waals surface area contributed by atoms with Gasteiger partial charge in [-0.2, -0.15) is 0 Å². The van der Waals surface area contributed by atoms with Crippen molar-refractivity contribution in [3.8, 4) is 22.7 Å². The van der Waals surface area contributed by atoms with E-state index in [-0.39, 0.29) is 11.7 Å². The number of rotatable bonds is 6. The fourth-order valence-electron chi connectivity index (χ4n) is 4.51. The summed E-state index contributed by atoms with van der Waals surface area (Å²) in [5, 5.41) is 2.89. The molecule has 1 N–H and O–H groups in total. The van der Waals surface area contributed by atoms with Gasteiger partial charge in [-0.3, -0.25) is 9.78 Å². The van der Waals surface area contributed by atoms with Gasteiger partial charge in [-0.05, 0) is 44.0 Å². The Bertz CT molecular complexity index is 1220. The molecule has 4 aromatic rings. The van der Waals surface area contributed by atoms with Gasteiger partial charge in [0.1, 0.15) is 5.69 Å². The molecule has 3 heterocycles. The number of pyridine rings is 1. The van der Waals surface area contributed by atoms with Crippen molar-refractivity contribution in [3.05, 3.63) is 84.1 Å². The second-order valence-corrected chi connectivity index (χ2v) is 8.67. The van der Waals surface area contributed by atoms with Crippen LogP contribution in [0.1, 0.15) is 60.0 Å². The summed E-state index contributed by atoms with van der Waals surface area (Å²) in [5.74, 6) is 0.691. The summed E-state index contributed by atoms with van der Waals surface area (Å²) in [6, 6.07) is 18.0. The van der Waals surface area contributed by atoms with E-state index in [1.165, 1.54) is 24.8 Å². The summed E-state index contributed by atoms with van der Waals surface area (Å²) < 4.78 is 8.36. The molecule has 0 aliphatic heterocycles. The molecule has 1 aliphatic rings. The van der Waals surface area contributed by atoms with Crippen LogP contribution in [0.4, 0.5) is 0 Å². The first-order valence-electron chi connectivity index (χ1n) is 11.6. The van der Waals surface area contributed by atoms with Gasteiger partial charge in [0.25, 0.3) is 5.91 Å². The summed E-state index contributed by atoms with van der Waals surface area (Å²) in [6.45, 7) is 2.43. The first kappa shape index (κ1) is 21.2. The highest BCUT2D eigenvalue weighted by atomic mass is 16.4. The quantitative estimate of drug-likeness (QED) is 0.402. The van der Waals surface area contributed by atoms with Crippen molar-refractivity contribution >= 4 is 5.91 Å². The second kappa shape index (κ2) is 9.45. The number of amides is 1. The van der Waals surface area contributed by atoms with Crippen molar-refractivity contribution in [1.82, 2.24) is 19.9 Å². The number of furan rings is 1. The minimum atomic E-state index is -0.257. The van der Waals surface area contributed by atoms with Crippen LogP contribution in [0.25, 0.3) is 22.7 Å². The maximum Gasteiger partial charge on any atom is 0.287 e. The number of nitrogens with one attached hydrogen (secondary N) is 1. The van der Waals surface area contributed by atoms with Crippen LogP contribution in [0.15, 0.2) is 71.5 Å². The maximum absolute atomic E-state index is 12.7. The molecule has 1 aromatic carbocycles. The lowest BCUT2D eigenvalue weighted by Crippen LogP contribution is -2.22. The van der Waals surface area contributed by atoms with Crippen molar-refractivity contribution in [2.24, 2.45) is 0 Å². The van der Waals surface area contributed by atoms with E-state index >= 15 is 0 Å². The van der Waals surface area contributed by atoms with Gasteiger partial charge in [0.2, 0.25) is 0 Å². The third-order valence-corrected chi connectivity index (χ3v) is 6.31. The zero-order chi connectivity index (χ0) is 22.6. The van der Waals surface area contributed by atoms with Gasteiger partial charge < -0.3 is 14.3 Å². The lowest BCUT2D eigenvalue weighted by Gasteiger charge is -2.24. The van der Waals surface area contributed by atoms with E-state index in [1.807, 2.05) is 30.6 Å². The lowest BCUT2D eigenvalue weighted by atomic mass is 9.95. The molecule has 168 valence electrons. The van der Waals surface area contributed by atoms with Gasteiger partial charge in [0.15, 0.2) is 11.5 Å². The average molecular weight is 441 g/mol. The number of imidazole rings is 1. The Morgan fingerprint density at radius 2 is 1.85 bits per heavy atom. The predicted molar refractivity (Wildman–Crippen MR) is 128 cm³/mol. The minimum Gasteiger partial charge on any atom is -0.449 e. The van der Waals surface area contributed by atoms with E-state index in [0.29, 0.717) is 18.3 Å². The normalized spacial score (nSPS) is 14.3. The molecule has 33 heavy (non-hydrogen) atoms. The summed E-state index contributed by atoms with van der Waals surface area (Å²) in [6.07, 6.45) is 9.65. The van der Waals surface area contributed by atoms with Gasteiger partial charge in [-0.25, -0.2) is 4.98 Å². The molecule has 3 aromatic heterocycles. The zero-order valence-corrected chi connectivity index (χ0v) is 18.8. The molecule has 0 saturated heterocycles. The Balaban J connectivity index is 1.46. The fraction of sp³-hybridized carbons (Fsp3) is 0.296. The van der Waals surface area contributed by atoms with Crippen LogP contribution in [-0.4, -0.2) is 20.4 Å². The van der Waals surface area contributed by atoms with Crippen molar-refractivity contribution in [2.75, 3.05) is 0 Å². The molecule has 1 saturated carbocycles. The van der Waals surface area contributed by atoms with E-state index in [2.05, 4.69) is 46.1 Å². The molecule has 1 aliphatic carbocycles. The highest BCUT2D eigenvalue weighted by Crippen LogP contribution is 2.38. The Hall–Kier alpha value is -3.67. The SMILES string of the molecule is Cc1ccc(-c2ncn(C3CCCCC3)c2-c2ccc(C(=O)NCc3ccccn3)o2)cc1. The van der Waals surface area contributed by atoms with E-state index in [4.69, 9.17) is 9.40 Å². The zero-order valence-electron chi connectivity index (χ0n) is 18.8. The third-order valence-electron chi connectivity index (χ3n) is 6.31. The molecular weight excluding hydrogens is 412 g/mol. The third kappa shape index (κ3) is 4.60. The van der Waals surface area contributed by atoms with Gasteiger partial charge in [-0.15, -0.1) is 0 Å². The van der Waals surface area contributed by atoms with E-state index < -0.39 is 0 Å². The van der Waals surface area contributed by atoms with E-state index in [0.717, 1.165) is 35.5 Å². The number of hydrogen-bond donors (Lipinski definition) is 1. The number of benzene rings is 1. The molecule has 5 rings (SSSR count). The Labute approximate surface area is 193 Å². The highest BCUT2D eigenvalue weighted by molar-refractivity contribution is 5.92. The Morgan fingerprint density at radius 3 is 2.61 bits per heavy atom. The number of aromatic nitrogens is 3. The molecule has 6 nitrogen and oxygen atoms in total. The number of carbonyl (C=O) groups excluding carboxylic acids is 1. The molecule has 0 radical (unpaired) electrons.